The van der Waals surface area contributed by atoms with Gasteiger partial charge in [-0.3, -0.25) is 14.3 Å². The van der Waals surface area contributed by atoms with Crippen LogP contribution in [0.4, 0.5) is 4.39 Å². The van der Waals surface area contributed by atoms with E-state index < -0.39 is 22.8 Å². The van der Waals surface area contributed by atoms with E-state index in [0.717, 1.165) is 4.57 Å². The Morgan fingerprint density at radius 3 is 2.94 bits per heavy atom. The van der Waals surface area contributed by atoms with Crippen molar-refractivity contribution in [1.82, 2.24) is 9.55 Å². The van der Waals surface area contributed by atoms with Crippen molar-refractivity contribution in [3.05, 3.63) is 33.1 Å². The number of aromatic nitrogens is 2. The SMILES string of the molecule is O=c1ccn([C@@H]2S[C@H](CO)C[C@@H]2F)c(=O)[nH]1. The summed E-state index contributed by atoms with van der Waals surface area (Å²) in [5.74, 6) is 0. The highest BCUT2D eigenvalue weighted by atomic mass is 32.2. The fraction of sp³-hybridized carbons (Fsp3) is 0.556. The lowest BCUT2D eigenvalue weighted by atomic mass is 10.2. The predicted molar refractivity (Wildman–Crippen MR) is 58.3 cm³/mol. The van der Waals surface area contributed by atoms with Crippen LogP contribution in [-0.2, 0) is 0 Å². The third-order valence-electron chi connectivity index (χ3n) is 2.46. The molecule has 3 atom stereocenters. The number of thioether (sulfide) groups is 1. The average molecular weight is 246 g/mol. The summed E-state index contributed by atoms with van der Waals surface area (Å²) in [5.41, 5.74) is -1.12. The molecule has 88 valence electrons. The molecule has 0 amide bonds. The molecule has 2 rings (SSSR count). The molecule has 0 unspecified atom stereocenters. The van der Waals surface area contributed by atoms with Gasteiger partial charge in [0, 0.05) is 17.5 Å². The average Bonchev–Trinajstić information content (AvgIpc) is 2.60. The van der Waals surface area contributed by atoms with Gasteiger partial charge in [0.05, 0.1) is 6.61 Å². The van der Waals surface area contributed by atoms with E-state index in [-0.39, 0.29) is 18.3 Å². The number of alkyl halides is 1. The van der Waals surface area contributed by atoms with Crippen molar-refractivity contribution in [2.24, 2.45) is 0 Å². The summed E-state index contributed by atoms with van der Waals surface area (Å²) in [6.45, 7) is -0.111. The zero-order valence-electron chi connectivity index (χ0n) is 8.30. The fourth-order valence-corrected chi connectivity index (χ4v) is 3.04. The van der Waals surface area contributed by atoms with Crippen molar-refractivity contribution < 1.29 is 9.50 Å². The molecule has 16 heavy (non-hydrogen) atoms. The van der Waals surface area contributed by atoms with Gasteiger partial charge in [0.25, 0.3) is 5.56 Å². The minimum Gasteiger partial charge on any atom is -0.395 e. The van der Waals surface area contributed by atoms with Gasteiger partial charge >= 0.3 is 5.69 Å². The Labute approximate surface area is 94.3 Å². The molecule has 1 aliphatic heterocycles. The highest BCUT2D eigenvalue weighted by Crippen LogP contribution is 2.42. The summed E-state index contributed by atoms with van der Waals surface area (Å²) in [6, 6.07) is 1.18. The van der Waals surface area contributed by atoms with Gasteiger partial charge in [0.15, 0.2) is 0 Å². The maximum absolute atomic E-state index is 13.6. The molecule has 1 saturated heterocycles. The molecule has 5 nitrogen and oxygen atoms in total. The molecule has 7 heteroatoms. The largest absolute Gasteiger partial charge is 0.395 e. The van der Waals surface area contributed by atoms with Crippen molar-refractivity contribution in [2.75, 3.05) is 6.61 Å². The highest BCUT2D eigenvalue weighted by molar-refractivity contribution is 8.00. The maximum atomic E-state index is 13.6. The molecule has 0 spiro atoms. The first kappa shape index (κ1) is 11.4. The van der Waals surface area contributed by atoms with Gasteiger partial charge < -0.3 is 5.11 Å². The molecule has 1 aromatic rings. The van der Waals surface area contributed by atoms with Gasteiger partial charge in [-0.2, -0.15) is 0 Å². The van der Waals surface area contributed by atoms with Crippen molar-refractivity contribution in [3.8, 4) is 0 Å². The van der Waals surface area contributed by atoms with Crippen LogP contribution in [0.15, 0.2) is 21.9 Å². The van der Waals surface area contributed by atoms with Crippen molar-refractivity contribution in [2.45, 2.75) is 23.2 Å². The molecule has 1 fully saturated rings. The quantitative estimate of drug-likeness (QED) is 0.762. The second kappa shape index (κ2) is 4.42. The number of halogens is 1. The van der Waals surface area contributed by atoms with E-state index in [4.69, 9.17) is 5.11 Å². The van der Waals surface area contributed by atoms with E-state index >= 15 is 0 Å². The molecule has 2 N–H and O–H groups in total. The van der Waals surface area contributed by atoms with E-state index in [1.807, 2.05) is 0 Å². The molecular weight excluding hydrogens is 235 g/mol. The van der Waals surface area contributed by atoms with E-state index in [1.165, 1.54) is 24.0 Å². The van der Waals surface area contributed by atoms with Gasteiger partial charge in [-0.25, -0.2) is 9.18 Å². The number of rotatable bonds is 2. The van der Waals surface area contributed by atoms with Crippen LogP contribution in [0.3, 0.4) is 0 Å². The Balaban J connectivity index is 2.31. The van der Waals surface area contributed by atoms with Crippen LogP contribution in [0.2, 0.25) is 0 Å². The van der Waals surface area contributed by atoms with Gasteiger partial charge in [-0.15, -0.1) is 11.8 Å². The molecule has 0 saturated carbocycles. The van der Waals surface area contributed by atoms with E-state index in [1.54, 1.807) is 0 Å². The van der Waals surface area contributed by atoms with Crippen LogP contribution < -0.4 is 11.2 Å². The first-order valence-electron chi connectivity index (χ1n) is 4.83. The Bertz CT molecular complexity index is 486. The van der Waals surface area contributed by atoms with Gasteiger partial charge in [-0.05, 0) is 6.42 Å². The first-order chi connectivity index (χ1) is 7.61. The lowest BCUT2D eigenvalue weighted by Crippen LogP contribution is -2.32. The third-order valence-corrected chi connectivity index (χ3v) is 3.99. The Morgan fingerprint density at radius 1 is 1.62 bits per heavy atom. The maximum Gasteiger partial charge on any atom is 0.329 e. The normalized spacial score (nSPS) is 29.5. The predicted octanol–water partition coefficient (Wildman–Crippen LogP) is -0.129. The molecular formula is C9H11FN2O3S. The van der Waals surface area contributed by atoms with E-state index in [2.05, 4.69) is 4.98 Å². The number of nitrogens with zero attached hydrogens (tertiary/aromatic N) is 1. The zero-order valence-corrected chi connectivity index (χ0v) is 9.11. The smallest absolute Gasteiger partial charge is 0.329 e. The number of aromatic amines is 1. The number of nitrogens with one attached hydrogen (secondary N) is 1. The summed E-state index contributed by atoms with van der Waals surface area (Å²) < 4.78 is 14.8. The lowest BCUT2D eigenvalue weighted by molar-refractivity contribution is 0.248. The number of hydrogen-bond donors (Lipinski definition) is 2. The van der Waals surface area contributed by atoms with Crippen LogP contribution in [0.1, 0.15) is 11.8 Å². The van der Waals surface area contributed by atoms with Crippen LogP contribution in [0.5, 0.6) is 0 Å². The van der Waals surface area contributed by atoms with Crippen molar-refractivity contribution in [1.29, 1.82) is 0 Å². The lowest BCUT2D eigenvalue weighted by Gasteiger charge is -2.14. The zero-order chi connectivity index (χ0) is 11.7. The highest BCUT2D eigenvalue weighted by Gasteiger charge is 2.36. The number of H-pyrrole nitrogens is 1. The minimum absolute atomic E-state index is 0.111. The second-order valence-electron chi connectivity index (χ2n) is 3.60. The summed E-state index contributed by atoms with van der Waals surface area (Å²) in [4.78, 5) is 24.4. The standard InChI is InChI=1S/C9H11FN2O3S/c10-6-3-5(4-13)16-8(6)12-2-1-7(14)11-9(12)15/h1-2,5-6,8,13H,3-4H2,(H,11,14,15)/t5-,6-,8+/m0/s1. The molecule has 1 aliphatic rings. The Morgan fingerprint density at radius 2 is 2.38 bits per heavy atom. The van der Waals surface area contributed by atoms with Gasteiger partial charge in [-0.1, -0.05) is 0 Å². The molecule has 0 radical (unpaired) electrons. The Kier molecular flexibility index (Phi) is 3.15. The van der Waals surface area contributed by atoms with Gasteiger partial charge in [0.1, 0.15) is 11.5 Å². The number of hydrogen-bond acceptors (Lipinski definition) is 4. The van der Waals surface area contributed by atoms with Crippen molar-refractivity contribution >= 4 is 11.8 Å². The van der Waals surface area contributed by atoms with Gasteiger partial charge in [0.2, 0.25) is 0 Å². The number of aliphatic hydroxyl groups excluding tert-OH is 1. The second-order valence-corrected chi connectivity index (χ2v) is 5.02. The molecule has 0 aromatic carbocycles. The number of aliphatic hydroxyl groups is 1. The molecule has 0 bridgehead atoms. The summed E-state index contributed by atoms with van der Waals surface area (Å²) >= 11 is 1.21. The third kappa shape index (κ3) is 2.05. The molecule has 2 heterocycles. The topological polar surface area (TPSA) is 75.1 Å². The fourth-order valence-electron chi connectivity index (χ4n) is 1.69. The van der Waals surface area contributed by atoms with E-state index in [9.17, 15) is 14.0 Å². The van der Waals surface area contributed by atoms with Crippen LogP contribution >= 0.6 is 11.8 Å². The van der Waals surface area contributed by atoms with Crippen molar-refractivity contribution in [3.63, 3.8) is 0 Å². The molecule has 1 aromatic heterocycles. The van der Waals surface area contributed by atoms with Crippen LogP contribution in [0, 0.1) is 0 Å². The summed E-state index contributed by atoms with van der Waals surface area (Å²) in [7, 11) is 0. The summed E-state index contributed by atoms with van der Waals surface area (Å²) in [5, 5.41) is 8.07. The first-order valence-corrected chi connectivity index (χ1v) is 5.78. The monoisotopic (exact) mass is 246 g/mol. The summed E-state index contributed by atoms with van der Waals surface area (Å²) in [6.07, 6.45) is 0.313. The van der Waals surface area contributed by atoms with Crippen LogP contribution in [-0.4, -0.2) is 32.7 Å². The minimum atomic E-state index is -1.19. The van der Waals surface area contributed by atoms with Crippen LogP contribution in [0.25, 0.3) is 0 Å². The van der Waals surface area contributed by atoms with E-state index in [0.29, 0.717) is 0 Å². The Hall–Kier alpha value is -1.08. The molecule has 0 aliphatic carbocycles.